The molecule has 2 atom stereocenters. The van der Waals surface area contributed by atoms with E-state index < -0.39 is 0 Å². The Labute approximate surface area is 113 Å². The lowest BCUT2D eigenvalue weighted by molar-refractivity contribution is -0.117. The van der Waals surface area contributed by atoms with Gasteiger partial charge < -0.3 is 10.6 Å². The third-order valence-electron chi connectivity index (χ3n) is 3.78. The molecular weight excluding hydrogens is 243 g/mol. The standard InChI is InChI=1S/C15H21FN2O/c1-10-4-3-7-17-14(10)9-15(19)18-12-5-6-13(16)11(2)8-12/h5-6,8,10,14,17H,3-4,7,9H2,1-2H3,(H,18,19). The van der Waals surface area contributed by atoms with Gasteiger partial charge in [-0.25, -0.2) is 4.39 Å². The van der Waals surface area contributed by atoms with Gasteiger partial charge in [-0.1, -0.05) is 6.92 Å². The summed E-state index contributed by atoms with van der Waals surface area (Å²) in [5.41, 5.74) is 1.20. The van der Waals surface area contributed by atoms with Gasteiger partial charge in [0, 0.05) is 18.2 Å². The van der Waals surface area contributed by atoms with E-state index in [4.69, 9.17) is 0 Å². The molecule has 4 heteroatoms. The molecule has 1 aromatic rings. The van der Waals surface area contributed by atoms with Crippen LogP contribution in [0.2, 0.25) is 0 Å². The molecule has 1 amide bonds. The number of aryl methyl sites for hydroxylation is 1. The molecule has 104 valence electrons. The highest BCUT2D eigenvalue weighted by Crippen LogP contribution is 2.19. The molecule has 1 saturated heterocycles. The smallest absolute Gasteiger partial charge is 0.225 e. The van der Waals surface area contributed by atoms with Crippen LogP contribution in [0.1, 0.15) is 31.7 Å². The van der Waals surface area contributed by atoms with Gasteiger partial charge in [-0.05, 0) is 56.0 Å². The Kier molecular flexibility index (Phi) is 4.53. The van der Waals surface area contributed by atoms with E-state index in [2.05, 4.69) is 17.6 Å². The quantitative estimate of drug-likeness (QED) is 0.881. The van der Waals surface area contributed by atoms with Crippen LogP contribution in [0.3, 0.4) is 0 Å². The molecule has 2 N–H and O–H groups in total. The van der Waals surface area contributed by atoms with E-state index in [1.165, 1.54) is 18.9 Å². The van der Waals surface area contributed by atoms with Crippen molar-refractivity contribution in [3.63, 3.8) is 0 Å². The lowest BCUT2D eigenvalue weighted by atomic mass is 9.90. The van der Waals surface area contributed by atoms with E-state index in [-0.39, 0.29) is 17.8 Å². The molecule has 1 fully saturated rings. The minimum Gasteiger partial charge on any atom is -0.326 e. The van der Waals surface area contributed by atoms with Gasteiger partial charge in [0.15, 0.2) is 0 Å². The summed E-state index contributed by atoms with van der Waals surface area (Å²) in [5, 5.41) is 6.22. The zero-order chi connectivity index (χ0) is 13.8. The lowest BCUT2D eigenvalue weighted by Gasteiger charge is -2.29. The average Bonchev–Trinajstić information content (AvgIpc) is 2.37. The monoisotopic (exact) mass is 264 g/mol. The second kappa shape index (κ2) is 6.15. The third-order valence-corrected chi connectivity index (χ3v) is 3.78. The van der Waals surface area contributed by atoms with Crippen LogP contribution in [0, 0.1) is 18.7 Å². The first kappa shape index (κ1) is 14.0. The summed E-state index contributed by atoms with van der Waals surface area (Å²) >= 11 is 0. The maximum absolute atomic E-state index is 13.1. The Morgan fingerprint density at radius 1 is 1.53 bits per heavy atom. The Morgan fingerprint density at radius 2 is 2.32 bits per heavy atom. The summed E-state index contributed by atoms with van der Waals surface area (Å²) in [6.07, 6.45) is 2.81. The largest absolute Gasteiger partial charge is 0.326 e. The van der Waals surface area contributed by atoms with Crippen molar-refractivity contribution >= 4 is 11.6 Å². The summed E-state index contributed by atoms with van der Waals surface area (Å²) < 4.78 is 13.1. The van der Waals surface area contributed by atoms with Crippen molar-refractivity contribution < 1.29 is 9.18 Å². The SMILES string of the molecule is Cc1cc(NC(=O)CC2NCCCC2C)ccc1F. The second-order valence-electron chi connectivity index (χ2n) is 5.40. The molecular formula is C15H21FN2O. The van der Waals surface area contributed by atoms with E-state index >= 15 is 0 Å². The van der Waals surface area contributed by atoms with Crippen LogP contribution in [-0.2, 0) is 4.79 Å². The number of rotatable bonds is 3. The molecule has 19 heavy (non-hydrogen) atoms. The van der Waals surface area contributed by atoms with Crippen molar-refractivity contribution in [1.82, 2.24) is 5.32 Å². The van der Waals surface area contributed by atoms with Crippen LogP contribution in [0.25, 0.3) is 0 Å². The molecule has 0 aromatic heterocycles. The fourth-order valence-electron chi connectivity index (χ4n) is 2.52. The first-order chi connectivity index (χ1) is 9.06. The molecule has 1 aliphatic heterocycles. The van der Waals surface area contributed by atoms with Crippen LogP contribution in [0.4, 0.5) is 10.1 Å². The highest BCUT2D eigenvalue weighted by atomic mass is 19.1. The zero-order valence-corrected chi connectivity index (χ0v) is 11.5. The van der Waals surface area contributed by atoms with Gasteiger partial charge in [0.05, 0.1) is 0 Å². The highest BCUT2D eigenvalue weighted by molar-refractivity contribution is 5.91. The Bertz CT molecular complexity index is 461. The third kappa shape index (κ3) is 3.77. The maximum atomic E-state index is 13.1. The minimum absolute atomic E-state index is 0.0164. The molecule has 2 rings (SSSR count). The fraction of sp³-hybridized carbons (Fsp3) is 0.533. The summed E-state index contributed by atoms with van der Waals surface area (Å²) in [6, 6.07) is 4.88. The van der Waals surface area contributed by atoms with Crippen molar-refractivity contribution in [3.05, 3.63) is 29.6 Å². The van der Waals surface area contributed by atoms with Crippen LogP contribution in [0.15, 0.2) is 18.2 Å². The second-order valence-corrected chi connectivity index (χ2v) is 5.40. The Balaban J connectivity index is 1.91. The summed E-state index contributed by atoms with van der Waals surface area (Å²) in [5.74, 6) is 0.257. The van der Waals surface area contributed by atoms with Gasteiger partial charge in [0.2, 0.25) is 5.91 Å². The normalized spacial score (nSPS) is 23.1. The molecule has 0 aliphatic carbocycles. The van der Waals surface area contributed by atoms with Gasteiger partial charge in [-0.3, -0.25) is 4.79 Å². The van der Waals surface area contributed by atoms with Gasteiger partial charge in [-0.15, -0.1) is 0 Å². The van der Waals surface area contributed by atoms with Crippen molar-refractivity contribution in [2.75, 3.05) is 11.9 Å². The molecule has 2 unspecified atom stereocenters. The number of amides is 1. The lowest BCUT2D eigenvalue weighted by Crippen LogP contribution is -2.42. The van der Waals surface area contributed by atoms with Crippen LogP contribution < -0.4 is 10.6 Å². The topological polar surface area (TPSA) is 41.1 Å². The van der Waals surface area contributed by atoms with E-state index in [0.29, 0.717) is 23.6 Å². The number of piperidine rings is 1. The number of anilines is 1. The van der Waals surface area contributed by atoms with Crippen LogP contribution >= 0.6 is 0 Å². The van der Waals surface area contributed by atoms with Gasteiger partial charge in [0.1, 0.15) is 5.82 Å². The molecule has 1 aliphatic rings. The number of hydrogen-bond donors (Lipinski definition) is 2. The Morgan fingerprint density at radius 3 is 3.00 bits per heavy atom. The molecule has 0 radical (unpaired) electrons. The molecule has 1 aromatic carbocycles. The first-order valence-electron chi connectivity index (χ1n) is 6.85. The first-order valence-corrected chi connectivity index (χ1v) is 6.85. The van der Waals surface area contributed by atoms with Crippen molar-refractivity contribution in [2.45, 2.75) is 39.2 Å². The van der Waals surface area contributed by atoms with Gasteiger partial charge in [-0.2, -0.15) is 0 Å². The van der Waals surface area contributed by atoms with Gasteiger partial charge >= 0.3 is 0 Å². The number of carbonyl (C=O) groups excluding carboxylic acids is 1. The van der Waals surface area contributed by atoms with E-state index in [0.717, 1.165) is 6.54 Å². The fourth-order valence-corrected chi connectivity index (χ4v) is 2.52. The number of benzene rings is 1. The van der Waals surface area contributed by atoms with E-state index in [1.807, 2.05) is 0 Å². The predicted molar refractivity (Wildman–Crippen MR) is 74.6 cm³/mol. The highest BCUT2D eigenvalue weighted by Gasteiger charge is 2.23. The molecule has 0 saturated carbocycles. The summed E-state index contributed by atoms with van der Waals surface area (Å²) in [7, 11) is 0. The molecule has 1 heterocycles. The number of carbonyl (C=O) groups is 1. The maximum Gasteiger partial charge on any atom is 0.225 e. The van der Waals surface area contributed by atoms with Crippen LogP contribution in [0.5, 0.6) is 0 Å². The van der Waals surface area contributed by atoms with E-state index in [1.54, 1.807) is 19.1 Å². The van der Waals surface area contributed by atoms with Gasteiger partial charge in [0.25, 0.3) is 0 Å². The molecule has 0 spiro atoms. The number of nitrogens with one attached hydrogen (secondary N) is 2. The predicted octanol–water partition coefficient (Wildman–Crippen LogP) is 2.85. The molecule has 3 nitrogen and oxygen atoms in total. The van der Waals surface area contributed by atoms with Crippen LogP contribution in [-0.4, -0.2) is 18.5 Å². The summed E-state index contributed by atoms with van der Waals surface area (Å²) in [4.78, 5) is 12.0. The number of halogens is 1. The van der Waals surface area contributed by atoms with Crippen molar-refractivity contribution in [3.8, 4) is 0 Å². The summed E-state index contributed by atoms with van der Waals surface area (Å²) in [6.45, 7) is 4.85. The van der Waals surface area contributed by atoms with E-state index in [9.17, 15) is 9.18 Å². The zero-order valence-electron chi connectivity index (χ0n) is 11.5. The van der Waals surface area contributed by atoms with Crippen molar-refractivity contribution in [2.24, 2.45) is 5.92 Å². The van der Waals surface area contributed by atoms with Crippen molar-refractivity contribution in [1.29, 1.82) is 0 Å². The minimum atomic E-state index is -0.249. The molecule has 0 bridgehead atoms. The average molecular weight is 264 g/mol. The number of hydrogen-bond acceptors (Lipinski definition) is 2. The Hall–Kier alpha value is -1.42.